The Balaban J connectivity index is 2.14. The average molecular weight is 305 g/mol. The van der Waals surface area contributed by atoms with Gasteiger partial charge < -0.3 is 5.32 Å². The largest absolute Gasteiger partial charge is 0.355 e. The van der Waals surface area contributed by atoms with Crippen LogP contribution >= 0.6 is 11.8 Å². The summed E-state index contributed by atoms with van der Waals surface area (Å²) in [5.41, 5.74) is 0.944. The van der Waals surface area contributed by atoms with E-state index in [0.29, 0.717) is 11.7 Å². The first kappa shape index (κ1) is 15.5. The van der Waals surface area contributed by atoms with Crippen LogP contribution in [0, 0.1) is 0 Å². The van der Waals surface area contributed by atoms with Gasteiger partial charge in [0.05, 0.1) is 0 Å². The van der Waals surface area contributed by atoms with E-state index in [9.17, 15) is 4.79 Å². The highest BCUT2D eigenvalue weighted by atomic mass is 32.2. The highest BCUT2D eigenvalue weighted by molar-refractivity contribution is 8.00. The lowest BCUT2D eigenvalue weighted by Gasteiger charge is -2.15. The molecule has 2 rings (SSSR count). The molecule has 1 N–H and O–H groups in total. The van der Waals surface area contributed by atoms with Crippen LogP contribution in [-0.4, -0.2) is 32.7 Å². The highest BCUT2D eigenvalue weighted by Crippen LogP contribution is 2.33. The lowest BCUT2D eigenvalue weighted by atomic mass is 10.1. The summed E-state index contributed by atoms with van der Waals surface area (Å²) < 4.78 is 1.57. The van der Waals surface area contributed by atoms with Crippen LogP contribution in [0.25, 0.3) is 0 Å². The Morgan fingerprint density at radius 2 is 2.14 bits per heavy atom. The number of nitrogens with one attached hydrogen (secondary N) is 1. The number of nitrogens with zero attached hydrogens (tertiary/aromatic N) is 4. The lowest BCUT2D eigenvalue weighted by Crippen LogP contribution is -2.29. The van der Waals surface area contributed by atoms with E-state index in [-0.39, 0.29) is 11.2 Å². The first-order valence-corrected chi connectivity index (χ1v) is 7.82. The van der Waals surface area contributed by atoms with Crippen LogP contribution in [0.5, 0.6) is 0 Å². The number of thioether (sulfide) groups is 1. The van der Waals surface area contributed by atoms with Crippen molar-refractivity contribution < 1.29 is 4.79 Å². The molecule has 0 unspecified atom stereocenters. The third-order valence-electron chi connectivity index (χ3n) is 2.97. The standard InChI is InChI=1S/C14H19N5OS/c1-3-4-10-15-13(20)12(11-8-6-5-7-9-11)21-14-16-17-18-19(14)2/h5-9,12H,3-4,10H2,1-2H3,(H,15,20)/t12-/m1/s1. The predicted octanol–water partition coefficient (Wildman–Crippen LogP) is 1.96. The Hall–Kier alpha value is -1.89. The van der Waals surface area contributed by atoms with Crippen LogP contribution in [0.3, 0.4) is 0 Å². The van der Waals surface area contributed by atoms with Crippen LogP contribution in [-0.2, 0) is 11.8 Å². The fraction of sp³-hybridized carbons (Fsp3) is 0.429. The summed E-state index contributed by atoms with van der Waals surface area (Å²) in [6, 6.07) is 9.68. The fourth-order valence-corrected chi connectivity index (χ4v) is 2.78. The Labute approximate surface area is 128 Å². The molecule has 1 aromatic heterocycles. The monoisotopic (exact) mass is 305 g/mol. The maximum absolute atomic E-state index is 12.4. The van der Waals surface area contributed by atoms with Crippen molar-refractivity contribution in [2.24, 2.45) is 7.05 Å². The second-order valence-corrected chi connectivity index (χ2v) is 5.71. The molecular weight excluding hydrogens is 286 g/mol. The summed E-state index contributed by atoms with van der Waals surface area (Å²) >= 11 is 1.36. The van der Waals surface area contributed by atoms with E-state index in [1.807, 2.05) is 30.3 Å². The summed E-state index contributed by atoms with van der Waals surface area (Å²) in [6.07, 6.45) is 2.03. The summed E-state index contributed by atoms with van der Waals surface area (Å²) in [5, 5.41) is 14.6. The van der Waals surface area contributed by atoms with Crippen molar-refractivity contribution in [2.45, 2.75) is 30.2 Å². The Kier molecular flexibility index (Phi) is 5.74. The fourth-order valence-electron chi connectivity index (χ4n) is 1.81. The topological polar surface area (TPSA) is 72.7 Å². The molecule has 21 heavy (non-hydrogen) atoms. The average Bonchev–Trinajstić information content (AvgIpc) is 2.91. The SMILES string of the molecule is CCCCNC(=O)[C@H](Sc1nnnn1C)c1ccccc1. The summed E-state index contributed by atoms with van der Waals surface area (Å²) in [5.74, 6) is -0.0114. The lowest BCUT2D eigenvalue weighted by molar-refractivity contribution is -0.120. The molecular formula is C14H19N5OS. The van der Waals surface area contributed by atoms with Crippen LogP contribution in [0.4, 0.5) is 0 Å². The molecule has 6 nitrogen and oxygen atoms in total. The maximum atomic E-state index is 12.4. The van der Waals surface area contributed by atoms with Crippen molar-refractivity contribution in [1.29, 1.82) is 0 Å². The molecule has 0 radical (unpaired) electrons. The molecule has 0 aliphatic rings. The van der Waals surface area contributed by atoms with Gasteiger partial charge in [0, 0.05) is 13.6 Å². The van der Waals surface area contributed by atoms with Gasteiger partial charge in [0.2, 0.25) is 11.1 Å². The molecule has 0 fully saturated rings. The normalized spacial score (nSPS) is 12.1. The van der Waals surface area contributed by atoms with E-state index in [4.69, 9.17) is 0 Å². The highest BCUT2D eigenvalue weighted by Gasteiger charge is 2.23. The van der Waals surface area contributed by atoms with Crippen molar-refractivity contribution in [3.63, 3.8) is 0 Å². The van der Waals surface area contributed by atoms with Crippen molar-refractivity contribution in [1.82, 2.24) is 25.5 Å². The number of hydrogen-bond donors (Lipinski definition) is 1. The van der Waals surface area contributed by atoms with Gasteiger partial charge in [0.25, 0.3) is 0 Å². The molecule has 0 spiro atoms. The van der Waals surface area contributed by atoms with Gasteiger partial charge in [-0.05, 0) is 22.4 Å². The second-order valence-electron chi connectivity index (χ2n) is 4.64. The number of unbranched alkanes of at least 4 members (excludes halogenated alkanes) is 1. The Morgan fingerprint density at radius 3 is 2.76 bits per heavy atom. The van der Waals surface area contributed by atoms with E-state index in [0.717, 1.165) is 18.4 Å². The first-order valence-electron chi connectivity index (χ1n) is 6.94. The van der Waals surface area contributed by atoms with Crippen molar-refractivity contribution in [3.05, 3.63) is 35.9 Å². The number of benzene rings is 1. The van der Waals surface area contributed by atoms with E-state index < -0.39 is 0 Å². The Morgan fingerprint density at radius 1 is 1.38 bits per heavy atom. The molecule has 0 aliphatic heterocycles. The zero-order valence-corrected chi connectivity index (χ0v) is 13.0. The van der Waals surface area contributed by atoms with E-state index in [2.05, 4.69) is 27.8 Å². The predicted molar refractivity (Wildman–Crippen MR) is 81.8 cm³/mol. The molecule has 1 heterocycles. The minimum Gasteiger partial charge on any atom is -0.355 e. The zero-order chi connectivity index (χ0) is 15.1. The third-order valence-corrected chi connectivity index (χ3v) is 4.25. The molecule has 0 saturated carbocycles. The minimum absolute atomic E-state index is 0.0114. The third kappa shape index (κ3) is 4.29. The van der Waals surface area contributed by atoms with Crippen molar-refractivity contribution in [3.8, 4) is 0 Å². The molecule has 2 aromatic rings. The molecule has 1 amide bonds. The zero-order valence-electron chi connectivity index (χ0n) is 12.2. The second kappa shape index (κ2) is 7.78. The quantitative estimate of drug-likeness (QED) is 0.625. The van der Waals surface area contributed by atoms with Gasteiger partial charge in [-0.3, -0.25) is 4.79 Å². The van der Waals surface area contributed by atoms with Gasteiger partial charge in [-0.15, -0.1) is 5.10 Å². The van der Waals surface area contributed by atoms with Gasteiger partial charge >= 0.3 is 0 Å². The number of carbonyl (C=O) groups excluding carboxylic acids is 1. The molecule has 1 aromatic carbocycles. The summed E-state index contributed by atoms with van der Waals surface area (Å²) in [7, 11) is 1.76. The molecule has 112 valence electrons. The number of hydrogen-bond acceptors (Lipinski definition) is 5. The number of tetrazole rings is 1. The number of amides is 1. The maximum Gasteiger partial charge on any atom is 0.238 e. The van der Waals surface area contributed by atoms with E-state index >= 15 is 0 Å². The molecule has 0 saturated heterocycles. The molecule has 0 bridgehead atoms. The van der Waals surface area contributed by atoms with Gasteiger partial charge in [-0.25, -0.2) is 4.68 Å². The van der Waals surface area contributed by atoms with Crippen molar-refractivity contribution in [2.75, 3.05) is 6.54 Å². The van der Waals surface area contributed by atoms with Crippen LogP contribution in [0.15, 0.2) is 35.5 Å². The van der Waals surface area contributed by atoms with Gasteiger partial charge in [-0.2, -0.15) is 0 Å². The van der Waals surface area contributed by atoms with Crippen LogP contribution in [0.2, 0.25) is 0 Å². The van der Waals surface area contributed by atoms with Gasteiger partial charge in [0.1, 0.15) is 5.25 Å². The molecule has 1 atom stereocenters. The number of rotatable bonds is 7. The van der Waals surface area contributed by atoms with Crippen LogP contribution in [0.1, 0.15) is 30.6 Å². The molecule has 7 heteroatoms. The number of aryl methyl sites for hydroxylation is 1. The number of carbonyl (C=O) groups is 1. The van der Waals surface area contributed by atoms with Gasteiger partial charge in [-0.1, -0.05) is 55.4 Å². The summed E-state index contributed by atoms with van der Waals surface area (Å²) in [6.45, 7) is 2.79. The van der Waals surface area contributed by atoms with E-state index in [1.165, 1.54) is 11.8 Å². The first-order chi connectivity index (χ1) is 10.2. The smallest absolute Gasteiger partial charge is 0.238 e. The van der Waals surface area contributed by atoms with Crippen molar-refractivity contribution >= 4 is 17.7 Å². The Bertz CT molecular complexity index is 572. The minimum atomic E-state index is -0.354. The molecule has 0 aliphatic carbocycles. The van der Waals surface area contributed by atoms with Crippen LogP contribution < -0.4 is 5.32 Å². The van der Waals surface area contributed by atoms with E-state index in [1.54, 1.807) is 11.7 Å². The van der Waals surface area contributed by atoms with Gasteiger partial charge in [0.15, 0.2) is 0 Å². The summed E-state index contributed by atoms with van der Waals surface area (Å²) in [4.78, 5) is 12.4. The number of aromatic nitrogens is 4.